The molecule has 0 saturated carbocycles. The average molecular weight is 220 g/mol. The first-order valence-electron chi connectivity index (χ1n) is 6.45. The summed E-state index contributed by atoms with van der Waals surface area (Å²) in [4.78, 5) is 4.02. The molecule has 0 saturated heterocycles. The highest BCUT2D eigenvalue weighted by atomic mass is 14.9. The smallest absolute Gasteiger partial charge is 0.0270 e. The monoisotopic (exact) mass is 220 g/mol. The van der Waals surface area contributed by atoms with Crippen molar-refractivity contribution in [2.45, 2.75) is 52.0 Å². The van der Waals surface area contributed by atoms with Crippen molar-refractivity contribution in [3.63, 3.8) is 0 Å². The second kappa shape index (κ2) is 8.28. The SMILES string of the molecule is CCCCCC(C)NCCc1ccncc1. The van der Waals surface area contributed by atoms with Crippen LogP contribution in [0.3, 0.4) is 0 Å². The lowest BCUT2D eigenvalue weighted by Crippen LogP contribution is -2.27. The zero-order chi connectivity index (χ0) is 11.6. The van der Waals surface area contributed by atoms with Gasteiger partial charge in [-0.2, -0.15) is 0 Å². The van der Waals surface area contributed by atoms with E-state index >= 15 is 0 Å². The number of unbranched alkanes of at least 4 members (excludes halogenated alkanes) is 2. The summed E-state index contributed by atoms with van der Waals surface area (Å²) in [5.41, 5.74) is 1.36. The highest BCUT2D eigenvalue weighted by Crippen LogP contribution is 2.03. The Hall–Kier alpha value is -0.890. The molecule has 0 aromatic carbocycles. The summed E-state index contributed by atoms with van der Waals surface area (Å²) in [5.74, 6) is 0. The van der Waals surface area contributed by atoms with Crippen LogP contribution in [0.15, 0.2) is 24.5 Å². The number of nitrogens with one attached hydrogen (secondary N) is 1. The first-order valence-corrected chi connectivity index (χ1v) is 6.45. The van der Waals surface area contributed by atoms with Gasteiger partial charge in [0.05, 0.1) is 0 Å². The molecule has 0 bridgehead atoms. The minimum Gasteiger partial charge on any atom is -0.314 e. The Bertz CT molecular complexity index is 259. The predicted molar refractivity (Wildman–Crippen MR) is 69.5 cm³/mol. The van der Waals surface area contributed by atoms with Crippen molar-refractivity contribution in [2.75, 3.05) is 6.54 Å². The number of rotatable bonds is 8. The summed E-state index contributed by atoms with van der Waals surface area (Å²) in [6.45, 7) is 5.60. The maximum atomic E-state index is 4.02. The first kappa shape index (κ1) is 13.2. The largest absolute Gasteiger partial charge is 0.314 e. The molecule has 0 aliphatic heterocycles. The lowest BCUT2D eigenvalue weighted by Gasteiger charge is -2.13. The normalized spacial score (nSPS) is 12.6. The van der Waals surface area contributed by atoms with Gasteiger partial charge in [-0.25, -0.2) is 0 Å². The van der Waals surface area contributed by atoms with Crippen LogP contribution in [0, 0.1) is 0 Å². The van der Waals surface area contributed by atoms with Crippen LogP contribution < -0.4 is 5.32 Å². The molecule has 1 N–H and O–H groups in total. The van der Waals surface area contributed by atoms with Gasteiger partial charge in [0.15, 0.2) is 0 Å². The number of aromatic nitrogens is 1. The zero-order valence-electron chi connectivity index (χ0n) is 10.6. The van der Waals surface area contributed by atoms with Gasteiger partial charge in [0.2, 0.25) is 0 Å². The average Bonchev–Trinajstić information content (AvgIpc) is 2.31. The van der Waals surface area contributed by atoms with Crippen molar-refractivity contribution in [1.29, 1.82) is 0 Å². The van der Waals surface area contributed by atoms with E-state index < -0.39 is 0 Å². The molecule has 1 heterocycles. The predicted octanol–water partition coefficient (Wildman–Crippen LogP) is 3.18. The molecule has 0 aliphatic carbocycles. The van der Waals surface area contributed by atoms with Gasteiger partial charge < -0.3 is 5.32 Å². The molecule has 0 amide bonds. The van der Waals surface area contributed by atoms with Crippen molar-refractivity contribution < 1.29 is 0 Å². The zero-order valence-corrected chi connectivity index (χ0v) is 10.6. The molecule has 1 aromatic rings. The van der Waals surface area contributed by atoms with E-state index in [2.05, 4.69) is 36.3 Å². The summed E-state index contributed by atoms with van der Waals surface area (Å²) in [5, 5.41) is 3.57. The van der Waals surface area contributed by atoms with Gasteiger partial charge in [0.25, 0.3) is 0 Å². The summed E-state index contributed by atoms with van der Waals surface area (Å²) < 4.78 is 0. The number of pyridine rings is 1. The van der Waals surface area contributed by atoms with E-state index in [-0.39, 0.29) is 0 Å². The van der Waals surface area contributed by atoms with Gasteiger partial charge in [-0.05, 0) is 44.0 Å². The Balaban J connectivity index is 2.06. The van der Waals surface area contributed by atoms with Crippen molar-refractivity contribution in [3.05, 3.63) is 30.1 Å². The highest BCUT2D eigenvalue weighted by Gasteiger charge is 2.00. The van der Waals surface area contributed by atoms with Crippen LogP contribution in [0.5, 0.6) is 0 Å². The Morgan fingerprint density at radius 3 is 2.69 bits per heavy atom. The van der Waals surface area contributed by atoms with Crippen molar-refractivity contribution >= 4 is 0 Å². The van der Waals surface area contributed by atoms with Crippen molar-refractivity contribution in [1.82, 2.24) is 10.3 Å². The van der Waals surface area contributed by atoms with Gasteiger partial charge in [-0.1, -0.05) is 26.2 Å². The van der Waals surface area contributed by atoms with Gasteiger partial charge in [0, 0.05) is 18.4 Å². The molecular formula is C14H24N2. The van der Waals surface area contributed by atoms with Crippen LogP contribution in [0.2, 0.25) is 0 Å². The highest BCUT2D eigenvalue weighted by molar-refractivity contribution is 5.09. The number of nitrogens with zero attached hydrogens (tertiary/aromatic N) is 1. The second-order valence-electron chi connectivity index (χ2n) is 4.46. The molecule has 1 aromatic heterocycles. The molecule has 0 fully saturated rings. The van der Waals surface area contributed by atoms with E-state index in [1.165, 1.54) is 31.2 Å². The molecule has 90 valence electrons. The quantitative estimate of drug-likeness (QED) is 0.681. The lowest BCUT2D eigenvalue weighted by molar-refractivity contribution is 0.490. The molecule has 2 heteroatoms. The molecule has 16 heavy (non-hydrogen) atoms. The Labute approximate surface area is 99.5 Å². The van der Waals surface area contributed by atoms with Gasteiger partial charge >= 0.3 is 0 Å². The van der Waals surface area contributed by atoms with E-state index in [0.717, 1.165) is 13.0 Å². The van der Waals surface area contributed by atoms with Crippen molar-refractivity contribution in [2.24, 2.45) is 0 Å². The summed E-state index contributed by atoms with van der Waals surface area (Å²) in [7, 11) is 0. The molecule has 1 rings (SSSR count). The fourth-order valence-electron chi connectivity index (χ4n) is 1.81. The molecular weight excluding hydrogens is 196 g/mol. The first-order chi connectivity index (χ1) is 7.83. The van der Waals surface area contributed by atoms with E-state index in [1.807, 2.05) is 12.4 Å². The Morgan fingerprint density at radius 2 is 2.00 bits per heavy atom. The van der Waals surface area contributed by atoms with Crippen LogP contribution in [0.25, 0.3) is 0 Å². The lowest BCUT2D eigenvalue weighted by atomic mass is 10.1. The third-order valence-electron chi connectivity index (χ3n) is 2.90. The molecule has 1 atom stereocenters. The van der Waals surface area contributed by atoms with Gasteiger partial charge in [-0.15, -0.1) is 0 Å². The van der Waals surface area contributed by atoms with Crippen LogP contribution in [-0.4, -0.2) is 17.6 Å². The maximum Gasteiger partial charge on any atom is 0.0270 e. The fraction of sp³-hybridized carbons (Fsp3) is 0.643. The topological polar surface area (TPSA) is 24.9 Å². The minimum atomic E-state index is 0.647. The van der Waals surface area contributed by atoms with Gasteiger partial charge in [-0.3, -0.25) is 4.98 Å². The number of hydrogen-bond donors (Lipinski definition) is 1. The van der Waals surface area contributed by atoms with Crippen molar-refractivity contribution in [3.8, 4) is 0 Å². The van der Waals surface area contributed by atoms with Crippen LogP contribution in [0.4, 0.5) is 0 Å². The van der Waals surface area contributed by atoms with E-state index in [1.54, 1.807) is 0 Å². The second-order valence-corrected chi connectivity index (χ2v) is 4.46. The summed E-state index contributed by atoms with van der Waals surface area (Å²) in [6, 6.07) is 4.82. The summed E-state index contributed by atoms with van der Waals surface area (Å²) in [6.07, 6.45) is 10.1. The molecule has 1 unspecified atom stereocenters. The third-order valence-corrected chi connectivity index (χ3v) is 2.90. The Morgan fingerprint density at radius 1 is 1.25 bits per heavy atom. The number of hydrogen-bond acceptors (Lipinski definition) is 2. The fourth-order valence-corrected chi connectivity index (χ4v) is 1.81. The third kappa shape index (κ3) is 5.86. The van der Waals surface area contributed by atoms with Crippen LogP contribution in [0.1, 0.15) is 45.1 Å². The van der Waals surface area contributed by atoms with Crippen LogP contribution >= 0.6 is 0 Å². The van der Waals surface area contributed by atoms with Gasteiger partial charge in [0.1, 0.15) is 0 Å². The maximum absolute atomic E-state index is 4.02. The van der Waals surface area contributed by atoms with Crippen LogP contribution in [-0.2, 0) is 6.42 Å². The summed E-state index contributed by atoms with van der Waals surface area (Å²) >= 11 is 0. The molecule has 0 radical (unpaired) electrons. The Kier molecular flexibility index (Phi) is 6.82. The molecule has 0 spiro atoms. The molecule has 2 nitrogen and oxygen atoms in total. The van der Waals surface area contributed by atoms with E-state index in [9.17, 15) is 0 Å². The minimum absolute atomic E-state index is 0.647. The van der Waals surface area contributed by atoms with E-state index in [0.29, 0.717) is 6.04 Å². The van der Waals surface area contributed by atoms with E-state index in [4.69, 9.17) is 0 Å². The molecule has 0 aliphatic rings. The standard InChI is InChI=1S/C14H24N2/c1-3-4-5-6-13(2)16-12-9-14-7-10-15-11-8-14/h7-8,10-11,13,16H,3-6,9,12H2,1-2H3.